The second-order valence-corrected chi connectivity index (χ2v) is 5.57. The maximum Gasteiger partial charge on any atom is 0.119 e. The van der Waals surface area contributed by atoms with Crippen LogP contribution in [0.2, 0.25) is 0 Å². The zero-order valence-corrected chi connectivity index (χ0v) is 13.4. The molecule has 1 aromatic rings. The summed E-state index contributed by atoms with van der Waals surface area (Å²) in [7, 11) is 0. The molecule has 3 unspecified atom stereocenters. The molecule has 0 aliphatic rings. The van der Waals surface area contributed by atoms with Gasteiger partial charge in [-0.25, -0.2) is 0 Å². The Hall–Kier alpha value is -1.14. The summed E-state index contributed by atoms with van der Waals surface area (Å²) in [6.45, 7) is 3.40. The number of hydrogen-bond acceptors (Lipinski definition) is 5. The third-order valence-electron chi connectivity index (χ3n) is 4.12. The first kappa shape index (κ1) is 18.9. The molecule has 5 heteroatoms. The lowest BCUT2D eigenvalue weighted by Gasteiger charge is -2.29. The van der Waals surface area contributed by atoms with Crippen LogP contribution in [-0.2, 0) is 0 Å². The lowest BCUT2D eigenvalue weighted by atomic mass is 9.82. The molecule has 0 aliphatic carbocycles. The highest BCUT2D eigenvalue weighted by molar-refractivity contribution is 5.30. The van der Waals surface area contributed by atoms with Crippen molar-refractivity contribution >= 4 is 0 Å². The lowest BCUT2D eigenvalue weighted by molar-refractivity contribution is 0.0747. The maximum atomic E-state index is 10.7. The summed E-state index contributed by atoms with van der Waals surface area (Å²) in [5.74, 6) is 0.829. The van der Waals surface area contributed by atoms with Crippen molar-refractivity contribution in [2.75, 3.05) is 26.3 Å². The predicted molar refractivity (Wildman–Crippen MR) is 88.9 cm³/mol. The maximum absolute atomic E-state index is 10.7. The Kier molecular flexibility index (Phi) is 9.08. The van der Waals surface area contributed by atoms with Crippen molar-refractivity contribution in [2.45, 2.75) is 38.2 Å². The molecule has 0 fully saturated rings. The lowest BCUT2D eigenvalue weighted by Crippen LogP contribution is -2.32. The van der Waals surface area contributed by atoms with Crippen molar-refractivity contribution in [1.82, 2.24) is 0 Å². The van der Waals surface area contributed by atoms with Crippen LogP contribution >= 0.6 is 0 Å². The van der Waals surface area contributed by atoms with Crippen molar-refractivity contribution in [3.05, 3.63) is 29.8 Å². The topological polar surface area (TPSA) is 102 Å². The van der Waals surface area contributed by atoms with Crippen LogP contribution in [0.5, 0.6) is 5.75 Å². The molecule has 5 nitrogen and oxygen atoms in total. The number of rotatable bonds is 11. The van der Waals surface area contributed by atoms with Crippen LogP contribution in [-0.4, -0.2) is 42.6 Å². The molecule has 1 rings (SSSR count). The fraction of sp³-hybridized carbons (Fsp3) is 0.647. The standard InChI is InChI=1S/C17H30N2O3/c1-2-13(4-3-9-18)17(21)16(12-19)14-5-7-15(8-6-14)22-11-10-20/h5-8,13,16-17,20-21H,2-4,9-12,18-19H2,1H3. The zero-order valence-electron chi connectivity index (χ0n) is 13.4. The van der Waals surface area contributed by atoms with Gasteiger partial charge in [-0.15, -0.1) is 0 Å². The Morgan fingerprint density at radius 1 is 1.18 bits per heavy atom. The number of nitrogens with two attached hydrogens (primary N) is 2. The van der Waals surface area contributed by atoms with E-state index in [1.165, 1.54) is 0 Å². The van der Waals surface area contributed by atoms with E-state index in [1.54, 1.807) is 0 Å². The number of hydrogen-bond donors (Lipinski definition) is 4. The Labute approximate surface area is 133 Å². The van der Waals surface area contributed by atoms with E-state index >= 15 is 0 Å². The van der Waals surface area contributed by atoms with Crippen LogP contribution < -0.4 is 16.2 Å². The molecule has 22 heavy (non-hydrogen) atoms. The molecule has 0 saturated carbocycles. The fourth-order valence-electron chi connectivity index (χ4n) is 2.77. The number of ether oxygens (including phenoxy) is 1. The molecule has 0 saturated heterocycles. The Morgan fingerprint density at radius 3 is 2.36 bits per heavy atom. The Bertz CT molecular complexity index is 397. The van der Waals surface area contributed by atoms with E-state index in [1.807, 2.05) is 24.3 Å². The second-order valence-electron chi connectivity index (χ2n) is 5.57. The van der Waals surface area contributed by atoms with Gasteiger partial charge in [0, 0.05) is 12.5 Å². The first-order chi connectivity index (χ1) is 10.7. The summed E-state index contributed by atoms with van der Waals surface area (Å²) in [5.41, 5.74) is 12.5. The average molecular weight is 310 g/mol. The fourth-order valence-corrected chi connectivity index (χ4v) is 2.77. The first-order valence-corrected chi connectivity index (χ1v) is 8.09. The van der Waals surface area contributed by atoms with Gasteiger partial charge >= 0.3 is 0 Å². The molecule has 3 atom stereocenters. The highest BCUT2D eigenvalue weighted by Gasteiger charge is 2.26. The van der Waals surface area contributed by atoms with Crippen molar-refractivity contribution in [3.63, 3.8) is 0 Å². The van der Waals surface area contributed by atoms with Gasteiger partial charge in [0.1, 0.15) is 12.4 Å². The average Bonchev–Trinajstić information content (AvgIpc) is 2.55. The SMILES string of the molecule is CCC(CCCN)C(O)C(CN)c1ccc(OCCO)cc1. The number of benzene rings is 1. The van der Waals surface area contributed by atoms with Gasteiger partial charge < -0.3 is 26.4 Å². The molecule has 0 heterocycles. The number of aliphatic hydroxyl groups excluding tert-OH is 2. The molecule has 6 N–H and O–H groups in total. The van der Waals surface area contributed by atoms with E-state index in [2.05, 4.69) is 6.92 Å². The second kappa shape index (κ2) is 10.6. The van der Waals surface area contributed by atoms with Crippen LogP contribution in [0.15, 0.2) is 24.3 Å². The van der Waals surface area contributed by atoms with E-state index in [-0.39, 0.29) is 25.0 Å². The Morgan fingerprint density at radius 2 is 1.86 bits per heavy atom. The van der Waals surface area contributed by atoms with Crippen LogP contribution in [0.1, 0.15) is 37.7 Å². The molecule has 0 bridgehead atoms. The molecule has 0 spiro atoms. The first-order valence-electron chi connectivity index (χ1n) is 8.09. The van der Waals surface area contributed by atoms with Gasteiger partial charge in [-0.2, -0.15) is 0 Å². The molecular weight excluding hydrogens is 280 g/mol. The third kappa shape index (κ3) is 5.57. The van der Waals surface area contributed by atoms with Gasteiger partial charge in [-0.1, -0.05) is 25.5 Å². The summed E-state index contributed by atoms with van der Waals surface area (Å²) in [6.07, 6.45) is 2.28. The summed E-state index contributed by atoms with van der Waals surface area (Å²) in [5, 5.41) is 19.4. The minimum absolute atomic E-state index is 0.00872. The van der Waals surface area contributed by atoms with Crippen molar-refractivity contribution in [3.8, 4) is 5.75 Å². The van der Waals surface area contributed by atoms with Crippen LogP contribution in [0, 0.1) is 5.92 Å². The van der Waals surface area contributed by atoms with E-state index in [4.69, 9.17) is 21.3 Å². The highest BCUT2D eigenvalue weighted by Crippen LogP contribution is 2.29. The molecule has 0 aliphatic heterocycles. The van der Waals surface area contributed by atoms with Gasteiger partial charge in [-0.3, -0.25) is 0 Å². The molecule has 1 aromatic carbocycles. The van der Waals surface area contributed by atoms with Crippen LogP contribution in [0.3, 0.4) is 0 Å². The minimum atomic E-state index is -0.467. The van der Waals surface area contributed by atoms with E-state index in [0.717, 1.165) is 24.8 Å². The normalized spacial score (nSPS) is 15.3. The van der Waals surface area contributed by atoms with Crippen molar-refractivity contribution in [1.29, 1.82) is 0 Å². The van der Waals surface area contributed by atoms with Crippen molar-refractivity contribution in [2.24, 2.45) is 17.4 Å². The molecule has 126 valence electrons. The van der Waals surface area contributed by atoms with Gasteiger partial charge in [0.15, 0.2) is 0 Å². The van der Waals surface area contributed by atoms with Crippen molar-refractivity contribution < 1.29 is 14.9 Å². The zero-order chi connectivity index (χ0) is 16.4. The monoisotopic (exact) mass is 310 g/mol. The van der Waals surface area contributed by atoms with Crippen LogP contribution in [0.4, 0.5) is 0 Å². The summed E-state index contributed by atoms with van der Waals surface area (Å²) in [6, 6.07) is 7.56. The van der Waals surface area contributed by atoms with Gasteiger partial charge in [0.2, 0.25) is 0 Å². The van der Waals surface area contributed by atoms with Gasteiger partial charge in [0.05, 0.1) is 12.7 Å². The van der Waals surface area contributed by atoms with E-state index < -0.39 is 6.10 Å². The predicted octanol–water partition coefficient (Wildman–Crippen LogP) is 1.23. The van der Waals surface area contributed by atoms with E-state index in [0.29, 0.717) is 18.8 Å². The molecule has 0 amide bonds. The van der Waals surface area contributed by atoms with Gasteiger partial charge in [-0.05, 0) is 43.0 Å². The third-order valence-corrected chi connectivity index (χ3v) is 4.12. The van der Waals surface area contributed by atoms with E-state index in [9.17, 15) is 5.11 Å². The Balaban J connectivity index is 2.76. The minimum Gasteiger partial charge on any atom is -0.491 e. The highest BCUT2D eigenvalue weighted by atomic mass is 16.5. The van der Waals surface area contributed by atoms with Gasteiger partial charge in [0.25, 0.3) is 0 Å². The summed E-state index contributed by atoms with van der Waals surface area (Å²) < 4.78 is 5.35. The molecule has 0 radical (unpaired) electrons. The summed E-state index contributed by atoms with van der Waals surface area (Å²) >= 11 is 0. The van der Waals surface area contributed by atoms with Crippen LogP contribution in [0.25, 0.3) is 0 Å². The molecule has 0 aromatic heterocycles. The largest absolute Gasteiger partial charge is 0.491 e. The molecular formula is C17H30N2O3. The smallest absolute Gasteiger partial charge is 0.119 e. The summed E-state index contributed by atoms with van der Waals surface area (Å²) in [4.78, 5) is 0. The quantitative estimate of drug-likeness (QED) is 0.492. The number of aliphatic hydroxyl groups is 2.